The minimum absolute atomic E-state index is 0.529. The Morgan fingerprint density at radius 2 is 1.89 bits per heavy atom. The molecule has 0 unspecified atom stereocenters. The first-order valence-electron chi connectivity index (χ1n) is 6.57. The number of hydrogen-bond donors (Lipinski definition) is 1. The van der Waals surface area contributed by atoms with Gasteiger partial charge < -0.3 is 14.7 Å². The second kappa shape index (κ2) is 6.04. The first kappa shape index (κ1) is 13.8. The predicted octanol–water partition coefficient (Wildman–Crippen LogP) is 2.83. The Labute approximate surface area is 114 Å². The third-order valence-corrected chi connectivity index (χ3v) is 3.15. The molecule has 0 fully saturated rings. The lowest BCUT2D eigenvalue weighted by Crippen LogP contribution is -2.20. The number of aliphatic hydroxyl groups is 1. The van der Waals surface area contributed by atoms with Gasteiger partial charge in [-0.1, -0.05) is 36.4 Å². The first-order valence-corrected chi connectivity index (χ1v) is 6.57. The lowest BCUT2D eigenvalue weighted by molar-refractivity contribution is 0.189. The Morgan fingerprint density at radius 3 is 2.58 bits per heavy atom. The van der Waals surface area contributed by atoms with Crippen LogP contribution in [0.4, 0.5) is 0 Å². The van der Waals surface area contributed by atoms with Crippen LogP contribution in [0.25, 0.3) is 10.8 Å². The maximum Gasteiger partial charge on any atom is 0.132 e. The van der Waals surface area contributed by atoms with E-state index in [1.165, 1.54) is 0 Å². The number of aliphatic hydroxyl groups excluding tert-OH is 1. The van der Waals surface area contributed by atoms with E-state index in [-0.39, 0.29) is 0 Å². The van der Waals surface area contributed by atoms with Crippen molar-refractivity contribution in [1.82, 2.24) is 4.90 Å². The molecule has 2 aromatic carbocycles. The van der Waals surface area contributed by atoms with Gasteiger partial charge in [0, 0.05) is 17.5 Å². The lowest BCUT2D eigenvalue weighted by atomic mass is 10.0. The van der Waals surface area contributed by atoms with Crippen molar-refractivity contribution in [2.24, 2.45) is 0 Å². The maximum absolute atomic E-state index is 9.88. The molecular weight excluding hydrogens is 238 g/mol. The molecule has 19 heavy (non-hydrogen) atoms. The van der Waals surface area contributed by atoms with Crippen molar-refractivity contribution in [3.63, 3.8) is 0 Å². The fraction of sp³-hybridized carbons (Fsp3) is 0.375. The Bertz CT molecular complexity index is 549. The molecule has 0 aliphatic heterocycles. The number of ether oxygens (including phenoxy) is 1. The van der Waals surface area contributed by atoms with E-state index in [0.29, 0.717) is 6.61 Å². The normalized spacial score (nSPS) is 12.9. The van der Waals surface area contributed by atoms with Crippen molar-refractivity contribution in [1.29, 1.82) is 0 Å². The Kier molecular flexibility index (Phi) is 4.40. The summed E-state index contributed by atoms with van der Waals surface area (Å²) in [7, 11) is 4.03. The van der Waals surface area contributed by atoms with Gasteiger partial charge in [0.2, 0.25) is 0 Å². The van der Waals surface area contributed by atoms with E-state index in [1.807, 2.05) is 44.4 Å². The summed E-state index contributed by atoms with van der Waals surface area (Å²) in [6.45, 7) is 3.23. The third-order valence-electron chi connectivity index (χ3n) is 3.15. The molecule has 0 aliphatic rings. The van der Waals surface area contributed by atoms with Gasteiger partial charge in [-0.05, 0) is 26.4 Å². The van der Waals surface area contributed by atoms with E-state index in [0.717, 1.165) is 28.6 Å². The van der Waals surface area contributed by atoms with Gasteiger partial charge in [-0.25, -0.2) is 0 Å². The molecule has 1 atom stereocenters. The van der Waals surface area contributed by atoms with E-state index >= 15 is 0 Å². The van der Waals surface area contributed by atoms with Gasteiger partial charge in [0.05, 0.1) is 6.10 Å². The summed E-state index contributed by atoms with van der Waals surface area (Å²) in [5.41, 5.74) is 0.845. The second-order valence-corrected chi connectivity index (χ2v) is 5.03. The quantitative estimate of drug-likeness (QED) is 0.896. The van der Waals surface area contributed by atoms with E-state index in [4.69, 9.17) is 4.74 Å². The molecule has 2 aromatic rings. The van der Waals surface area contributed by atoms with Crippen molar-refractivity contribution in [3.8, 4) is 5.75 Å². The maximum atomic E-state index is 9.88. The summed E-state index contributed by atoms with van der Waals surface area (Å²) in [6, 6.07) is 12.1. The molecule has 0 aliphatic carbocycles. The number of nitrogens with zero attached hydrogens (tertiary/aromatic N) is 1. The topological polar surface area (TPSA) is 32.7 Å². The monoisotopic (exact) mass is 259 g/mol. The van der Waals surface area contributed by atoms with Crippen LogP contribution in [0.15, 0.2) is 36.4 Å². The first-order chi connectivity index (χ1) is 9.09. The van der Waals surface area contributed by atoms with Gasteiger partial charge in [-0.15, -0.1) is 0 Å². The zero-order chi connectivity index (χ0) is 13.8. The smallest absolute Gasteiger partial charge is 0.132 e. The molecule has 3 nitrogen and oxygen atoms in total. The SMILES string of the molecule is C[C@@H](O)c1ccc2ccccc2c1OCCN(C)C. The van der Waals surface area contributed by atoms with E-state index < -0.39 is 6.10 Å². The molecule has 0 saturated carbocycles. The molecule has 2 rings (SSSR count). The minimum Gasteiger partial charge on any atom is -0.491 e. The van der Waals surface area contributed by atoms with Crippen molar-refractivity contribution in [2.75, 3.05) is 27.2 Å². The number of fused-ring (bicyclic) bond motifs is 1. The molecular formula is C16H21NO2. The number of rotatable bonds is 5. The van der Waals surface area contributed by atoms with Gasteiger partial charge in [0.15, 0.2) is 0 Å². The highest BCUT2D eigenvalue weighted by molar-refractivity contribution is 5.89. The highest BCUT2D eigenvalue weighted by atomic mass is 16.5. The van der Waals surface area contributed by atoms with Gasteiger partial charge in [0.25, 0.3) is 0 Å². The molecule has 0 heterocycles. The highest BCUT2D eigenvalue weighted by Gasteiger charge is 2.12. The van der Waals surface area contributed by atoms with E-state index in [2.05, 4.69) is 11.0 Å². The molecule has 0 spiro atoms. The van der Waals surface area contributed by atoms with E-state index in [9.17, 15) is 5.11 Å². The predicted molar refractivity (Wildman–Crippen MR) is 78.6 cm³/mol. The lowest BCUT2D eigenvalue weighted by Gasteiger charge is -2.17. The van der Waals surface area contributed by atoms with Gasteiger partial charge in [-0.2, -0.15) is 0 Å². The summed E-state index contributed by atoms with van der Waals surface area (Å²) in [4.78, 5) is 2.08. The van der Waals surface area contributed by atoms with Gasteiger partial charge in [-0.3, -0.25) is 0 Å². The van der Waals surface area contributed by atoms with Crippen LogP contribution in [-0.4, -0.2) is 37.3 Å². The number of benzene rings is 2. The van der Waals surface area contributed by atoms with Crippen LogP contribution in [0.1, 0.15) is 18.6 Å². The number of hydrogen-bond acceptors (Lipinski definition) is 3. The highest BCUT2D eigenvalue weighted by Crippen LogP contribution is 2.33. The van der Waals surface area contributed by atoms with Crippen LogP contribution in [-0.2, 0) is 0 Å². The Hall–Kier alpha value is -1.58. The Balaban J connectivity index is 2.38. The zero-order valence-electron chi connectivity index (χ0n) is 11.8. The molecule has 0 bridgehead atoms. The fourth-order valence-electron chi connectivity index (χ4n) is 2.08. The van der Waals surface area contributed by atoms with Crippen LogP contribution >= 0.6 is 0 Å². The van der Waals surface area contributed by atoms with Crippen LogP contribution in [0.2, 0.25) is 0 Å². The van der Waals surface area contributed by atoms with Crippen molar-refractivity contribution >= 4 is 10.8 Å². The Morgan fingerprint density at radius 1 is 1.16 bits per heavy atom. The average Bonchev–Trinajstić information content (AvgIpc) is 2.38. The van der Waals surface area contributed by atoms with Crippen LogP contribution < -0.4 is 4.74 Å². The summed E-state index contributed by atoms with van der Waals surface area (Å²) in [6.07, 6.45) is -0.529. The molecule has 3 heteroatoms. The zero-order valence-corrected chi connectivity index (χ0v) is 11.8. The molecule has 0 saturated heterocycles. The molecule has 102 valence electrons. The summed E-state index contributed by atoms with van der Waals surface area (Å²) >= 11 is 0. The third kappa shape index (κ3) is 3.25. The van der Waals surface area contributed by atoms with E-state index in [1.54, 1.807) is 6.92 Å². The molecule has 0 aromatic heterocycles. The standard InChI is InChI=1S/C16H21NO2/c1-12(18)14-9-8-13-6-4-5-7-15(13)16(14)19-11-10-17(2)3/h4-9,12,18H,10-11H2,1-3H3/t12-/m1/s1. The largest absolute Gasteiger partial charge is 0.491 e. The van der Waals surface area contributed by atoms with Crippen LogP contribution in [0.3, 0.4) is 0 Å². The molecule has 0 radical (unpaired) electrons. The molecule has 1 N–H and O–H groups in total. The summed E-state index contributed by atoms with van der Waals surface area (Å²) < 4.78 is 5.92. The molecule has 0 amide bonds. The number of likely N-dealkylation sites (N-methyl/N-ethyl adjacent to an activating group) is 1. The second-order valence-electron chi connectivity index (χ2n) is 5.03. The van der Waals surface area contributed by atoms with Crippen molar-refractivity contribution in [3.05, 3.63) is 42.0 Å². The minimum atomic E-state index is -0.529. The van der Waals surface area contributed by atoms with Crippen molar-refractivity contribution < 1.29 is 9.84 Å². The van der Waals surface area contributed by atoms with Gasteiger partial charge in [0.1, 0.15) is 12.4 Å². The average molecular weight is 259 g/mol. The summed E-state index contributed by atoms with van der Waals surface area (Å²) in [5, 5.41) is 12.1. The van der Waals surface area contributed by atoms with Crippen molar-refractivity contribution in [2.45, 2.75) is 13.0 Å². The van der Waals surface area contributed by atoms with Crippen LogP contribution in [0.5, 0.6) is 5.75 Å². The summed E-state index contributed by atoms with van der Waals surface area (Å²) in [5.74, 6) is 0.801. The van der Waals surface area contributed by atoms with Gasteiger partial charge >= 0.3 is 0 Å². The van der Waals surface area contributed by atoms with Crippen LogP contribution in [0, 0.1) is 0 Å². The fourth-order valence-corrected chi connectivity index (χ4v) is 2.08.